The van der Waals surface area contributed by atoms with E-state index in [0.717, 1.165) is 27.8 Å². The molecule has 0 saturated heterocycles. The lowest BCUT2D eigenvalue weighted by Gasteiger charge is -2.06. The second-order valence-electron chi connectivity index (χ2n) is 5.88. The number of benzene rings is 1. The summed E-state index contributed by atoms with van der Waals surface area (Å²) < 4.78 is 7.10. The minimum absolute atomic E-state index is 0.0893. The van der Waals surface area contributed by atoms with E-state index in [1.807, 2.05) is 35.6 Å². The summed E-state index contributed by atoms with van der Waals surface area (Å²) in [6.45, 7) is 6.53. The van der Waals surface area contributed by atoms with Crippen LogP contribution < -0.4 is 10.1 Å². The number of rotatable bonds is 5. The molecule has 7 heteroatoms. The van der Waals surface area contributed by atoms with Crippen molar-refractivity contribution in [3.05, 3.63) is 46.2 Å². The molecule has 24 heavy (non-hydrogen) atoms. The first kappa shape index (κ1) is 16.4. The molecule has 0 unspecified atom stereocenters. The van der Waals surface area contributed by atoms with Gasteiger partial charge in [-0.3, -0.25) is 9.20 Å². The second kappa shape index (κ2) is 6.60. The zero-order chi connectivity index (χ0) is 17.3. The standard InChI is InChI=1S/C17H20N4O2S/c1-10(2)15-19-20-17-21(15)11(3)14(24-17)16(22)18-9-12-5-7-13(23-4)8-6-12/h5-8,10H,9H2,1-4H3,(H,18,22). The fraction of sp³-hybridized carbons (Fsp3) is 0.353. The fourth-order valence-corrected chi connectivity index (χ4v) is 3.51. The molecule has 0 fully saturated rings. The lowest BCUT2D eigenvalue weighted by molar-refractivity contribution is 0.0954. The van der Waals surface area contributed by atoms with Crippen molar-refractivity contribution in [3.63, 3.8) is 0 Å². The van der Waals surface area contributed by atoms with Gasteiger partial charge in [-0.25, -0.2) is 0 Å². The smallest absolute Gasteiger partial charge is 0.263 e. The zero-order valence-corrected chi connectivity index (χ0v) is 15.0. The Balaban J connectivity index is 1.77. The Morgan fingerprint density at radius 3 is 2.62 bits per heavy atom. The molecule has 3 rings (SSSR count). The fourth-order valence-electron chi connectivity index (χ4n) is 2.52. The molecule has 0 radical (unpaired) electrons. The van der Waals surface area contributed by atoms with Crippen molar-refractivity contribution >= 4 is 22.2 Å². The number of fused-ring (bicyclic) bond motifs is 1. The Hall–Kier alpha value is -2.41. The molecule has 0 aliphatic carbocycles. The van der Waals surface area contributed by atoms with E-state index in [1.54, 1.807) is 7.11 Å². The van der Waals surface area contributed by atoms with Gasteiger partial charge in [0.05, 0.1) is 7.11 Å². The van der Waals surface area contributed by atoms with Crippen molar-refractivity contribution in [3.8, 4) is 5.75 Å². The van der Waals surface area contributed by atoms with Crippen LogP contribution in [0, 0.1) is 6.92 Å². The minimum atomic E-state index is -0.0893. The van der Waals surface area contributed by atoms with Gasteiger partial charge in [0.25, 0.3) is 5.91 Å². The quantitative estimate of drug-likeness (QED) is 0.772. The summed E-state index contributed by atoms with van der Waals surface area (Å²) in [5.74, 6) is 1.85. The Morgan fingerprint density at radius 2 is 2.00 bits per heavy atom. The Morgan fingerprint density at radius 1 is 1.29 bits per heavy atom. The molecule has 3 aromatic rings. The molecule has 0 bridgehead atoms. The molecular formula is C17H20N4O2S. The highest BCUT2D eigenvalue weighted by atomic mass is 32.1. The summed E-state index contributed by atoms with van der Waals surface area (Å²) in [6.07, 6.45) is 0. The van der Waals surface area contributed by atoms with Crippen molar-refractivity contribution in [2.45, 2.75) is 33.2 Å². The van der Waals surface area contributed by atoms with E-state index in [4.69, 9.17) is 4.74 Å². The van der Waals surface area contributed by atoms with E-state index < -0.39 is 0 Å². The van der Waals surface area contributed by atoms with E-state index in [2.05, 4.69) is 29.4 Å². The van der Waals surface area contributed by atoms with E-state index >= 15 is 0 Å². The van der Waals surface area contributed by atoms with Gasteiger partial charge in [0, 0.05) is 18.2 Å². The predicted octanol–water partition coefficient (Wildman–Crippen LogP) is 3.16. The van der Waals surface area contributed by atoms with E-state index in [1.165, 1.54) is 11.3 Å². The molecule has 0 atom stereocenters. The number of amides is 1. The summed E-state index contributed by atoms with van der Waals surface area (Å²) in [6, 6.07) is 7.64. The molecule has 1 aromatic carbocycles. The third kappa shape index (κ3) is 2.99. The van der Waals surface area contributed by atoms with Crippen molar-refractivity contribution in [2.75, 3.05) is 7.11 Å². The van der Waals surface area contributed by atoms with Crippen LogP contribution in [0.25, 0.3) is 4.96 Å². The molecule has 0 spiro atoms. The number of hydrogen-bond acceptors (Lipinski definition) is 5. The molecule has 126 valence electrons. The third-order valence-electron chi connectivity index (χ3n) is 3.85. The average molecular weight is 344 g/mol. The van der Waals surface area contributed by atoms with Gasteiger partial charge in [0.1, 0.15) is 16.5 Å². The van der Waals surface area contributed by atoms with Crippen molar-refractivity contribution in [1.29, 1.82) is 0 Å². The van der Waals surface area contributed by atoms with Crippen LogP contribution >= 0.6 is 11.3 Å². The summed E-state index contributed by atoms with van der Waals surface area (Å²) in [4.78, 5) is 14.0. The number of aryl methyl sites for hydroxylation is 1. The molecule has 0 aliphatic rings. The molecular weight excluding hydrogens is 324 g/mol. The maximum absolute atomic E-state index is 12.5. The van der Waals surface area contributed by atoms with Crippen LogP contribution in [-0.4, -0.2) is 27.6 Å². The molecule has 0 aliphatic heterocycles. The van der Waals surface area contributed by atoms with Gasteiger partial charge in [-0.05, 0) is 24.6 Å². The molecule has 1 N–H and O–H groups in total. The zero-order valence-electron chi connectivity index (χ0n) is 14.2. The number of methoxy groups -OCH3 is 1. The first-order chi connectivity index (χ1) is 11.5. The van der Waals surface area contributed by atoms with Gasteiger partial charge in [-0.15, -0.1) is 10.2 Å². The van der Waals surface area contributed by atoms with Gasteiger partial charge in [-0.1, -0.05) is 37.3 Å². The van der Waals surface area contributed by atoms with E-state index in [-0.39, 0.29) is 11.8 Å². The third-order valence-corrected chi connectivity index (χ3v) is 4.98. The van der Waals surface area contributed by atoms with Crippen LogP contribution in [0.15, 0.2) is 24.3 Å². The number of nitrogens with zero attached hydrogens (tertiary/aromatic N) is 3. The second-order valence-corrected chi connectivity index (χ2v) is 6.86. The van der Waals surface area contributed by atoms with Gasteiger partial charge in [0.2, 0.25) is 4.96 Å². The van der Waals surface area contributed by atoms with E-state index in [0.29, 0.717) is 11.4 Å². The monoisotopic (exact) mass is 344 g/mol. The maximum atomic E-state index is 12.5. The largest absolute Gasteiger partial charge is 0.497 e. The van der Waals surface area contributed by atoms with Gasteiger partial charge < -0.3 is 10.1 Å². The minimum Gasteiger partial charge on any atom is -0.497 e. The van der Waals surface area contributed by atoms with Crippen molar-refractivity contribution < 1.29 is 9.53 Å². The average Bonchev–Trinajstić information content (AvgIpc) is 3.14. The molecule has 1 amide bonds. The van der Waals surface area contributed by atoms with Crippen LogP contribution in [0.4, 0.5) is 0 Å². The first-order valence-corrected chi connectivity index (χ1v) is 8.58. The number of hydrogen-bond donors (Lipinski definition) is 1. The predicted molar refractivity (Wildman–Crippen MR) is 93.9 cm³/mol. The van der Waals surface area contributed by atoms with Crippen LogP contribution in [-0.2, 0) is 6.54 Å². The summed E-state index contributed by atoms with van der Waals surface area (Å²) in [7, 11) is 1.63. The number of aromatic nitrogens is 3. The van der Waals surface area contributed by atoms with Gasteiger partial charge in [-0.2, -0.15) is 0 Å². The van der Waals surface area contributed by atoms with Gasteiger partial charge in [0.15, 0.2) is 0 Å². The Bertz CT molecular complexity index is 865. The van der Waals surface area contributed by atoms with Crippen LogP contribution in [0.5, 0.6) is 5.75 Å². The molecule has 0 saturated carbocycles. The van der Waals surface area contributed by atoms with Crippen LogP contribution in [0.2, 0.25) is 0 Å². The lowest BCUT2D eigenvalue weighted by atomic mass is 10.2. The number of thiazole rings is 1. The van der Waals surface area contributed by atoms with Crippen LogP contribution in [0.3, 0.4) is 0 Å². The lowest BCUT2D eigenvalue weighted by Crippen LogP contribution is -2.22. The van der Waals surface area contributed by atoms with Gasteiger partial charge >= 0.3 is 0 Å². The number of carbonyl (C=O) groups is 1. The molecule has 2 aromatic heterocycles. The Kier molecular flexibility index (Phi) is 4.53. The maximum Gasteiger partial charge on any atom is 0.263 e. The van der Waals surface area contributed by atoms with Crippen LogP contribution in [0.1, 0.15) is 46.5 Å². The van der Waals surface area contributed by atoms with Crippen molar-refractivity contribution in [1.82, 2.24) is 19.9 Å². The SMILES string of the molecule is COc1ccc(CNC(=O)c2sc3nnc(C(C)C)n3c2C)cc1. The number of nitrogens with one attached hydrogen (secondary N) is 1. The molecule has 2 heterocycles. The highest BCUT2D eigenvalue weighted by molar-refractivity contribution is 7.19. The normalized spacial score (nSPS) is 11.2. The van der Waals surface area contributed by atoms with E-state index in [9.17, 15) is 4.79 Å². The Labute approximate surface area is 144 Å². The van der Waals surface area contributed by atoms with Crippen molar-refractivity contribution in [2.24, 2.45) is 0 Å². The highest BCUT2D eigenvalue weighted by Crippen LogP contribution is 2.25. The number of carbonyl (C=O) groups excluding carboxylic acids is 1. The summed E-state index contributed by atoms with van der Waals surface area (Å²) in [5.41, 5.74) is 1.91. The highest BCUT2D eigenvalue weighted by Gasteiger charge is 2.20. The number of ether oxygens (including phenoxy) is 1. The molecule has 6 nitrogen and oxygen atoms in total. The summed E-state index contributed by atoms with van der Waals surface area (Å²) >= 11 is 1.37. The topological polar surface area (TPSA) is 68.5 Å². The first-order valence-electron chi connectivity index (χ1n) is 7.76. The summed E-state index contributed by atoms with van der Waals surface area (Å²) in [5, 5.41) is 11.3.